The van der Waals surface area contributed by atoms with Crippen LogP contribution in [0.4, 0.5) is 0 Å². The van der Waals surface area contributed by atoms with E-state index in [0.29, 0.717) is 19.6 Å². The van der Waals surface area contributed by atoms with Gasteiger partial charge in [-0.25, -0.2) is 0 Å². The van der Waals surface area contributed by atoms with Crippen molar-refractivity contribution >= 4 is 24.0 Å². The molecule has 1 saturated heterocycles. The molecular weight excluding hydrogens is 416 g/mol. The predicted octanol–water partition coefficient (Wildman–Crippen LogP) is 3.34. The van der Waals surface area contributed by atoms with E-state index < -0.39 is 0 Å². The van der Waals surface area contributed by atoms with Gasteiger partial charge in [-0.2, -0.15) is 0 Å². The third-order valence-corrected chi connectivity index (χ3v) is 6.49. The van der Waals surface area contributed by atoms with Crippen LogP contribution in [-0.4, -0.2) is 60.5 Å². The van der Waals surface area contributed by atoms with Gasteiger partial charge in [-0.15, -0.1) is 0 Å². The van der Waals surface area contributed by atoms with Crippen molar-refractivity contribution in [1.29, 1.82) is 0 Å². The van der Waals surface area contributed by atoms with Gasteiger partial charge in [-0.05, 0) is 65.6 Å². The average Bonchev–Trinajstić information content (AvgIpc) is 3.49. The minimum absolute atomic E-state index is 0.0257. The van der Waals surface area contributed by atoms with Gasteiger partial charge in [0.25, 0.3) is 0 Å². The normalized spacial score (nSPS) is 19.5. The van der Waals surface area contributed by atoms with E-state index in [2.05, 4.69) is 12.1 Å². The number of amides is 2. The Morgan fingerprint density at radius 2 is 1.42 bits per heavy atom. The molecule has 2 amide bonds. The second-order valence-corrected chi connectivity index (χ2v) is 8.76. The van der Waals surface area contributed by atoms with E-state index in [4.69, 9.17) is 9.47 Å². The summed E-state index contributed by atoms with van der Waals surface area (Å²) in [6, 6.07) is 12.0. The number of nitrogens with zero attached hydrogens (tertiary/aromatic N) is 2. The first-order valence-electron chi connectivity index (χ1n) is 11.5. The second-order valence-electron chi connectivity index (χ2n) is 8.76. The molecule has 0 radical (unpaired) electrons. The molecule has 0 saturated carbocycles. The van der Waals surface area contributed by atoms with Crippen molar-refractivity contribution < 1.29 is 19.1 Å². The monoisotopic (exact) mass is 444 g/mol. The van der Waals surface area contributed by atoms with Crippen LogP contribution in [0.25, 0.3) is 12.2 Å². The lowest BCUT2D eigenvalue weighted by Crippen LogP contribution is -2.54. The smallest absolute Gasteiger partial charge is 0.246 e. The van der Waals surface area contributed by atoms with Gasteiger partial charge in [0.05, 0.1) is 13.2 Å². The van der Waals surface area contributed by atoms with E-state index in [0.717, 1.165) is 48.7 Å². The number of benzene rings is 2. The van der Waals surface area contributed by atoms with Crippen LogP contribution in [0.1, 0.15) is 29.2 Å². The van der Waals surface area contributed by atoms with Gasteiger partial charge < -0.3 is 19.3 Å². The number of hydrogen-bond acceptors (Lipinski definition) is 4. The van der Waals surface area contributed by atoms with Crippen LogP contribution in [0.2, 0.25) is 0 Å². The Hall–Kier alpha value is -3.54. The lowest BCUT2D eigenvalue weighted by Gasteiger charge is -2.39. The number of ether oxygens (including phenoxy) is 2. The molecule has 2 aromatic carbocycles. The van der Waals surface area contributed by atoms with Crippen molar-refractivity contribution in [3.05, 3.63) is 70.8 Å². The van der Waals surface area contributed by atoms with E-state index in [1.807, 2.05) is 53.1 Å². The Morgan fingerprint density at radius 1 is 0.848 bits per heavy atom. The molecule has 0 bridgehead atoms. The summed E-state index contributed by atoms with van der Waals surface area (Å²) in [6.07, 6.45) is 8.78. The minimum Gasteiger partial charge on any atom is -0.493 e. The topological polar surface area (TPSA) is 59.1 Å². The molecule has 1 fully saturated rings. The Morgan fingerprint density at radius 3 is 2.00 bits per heavy atom. The first kappa shape index (κ1) is 21.3. The minimum atomic E-state index is -0.0428. The molecule has 0 N–H and O–H groups in total. The molecule has 33 heavy (non-hydrogen) atoms. The fraction of sp³-hybridized carbons (Fsp3) is 0.333. The first-order valence-corrected chi connectivity index (χ1v) is 11.5. The van der Waals surface area contributed by atoms with E-state index in [-0.39, 0.29) is 17.9 Å². The molecule has 6 heteroatoms. The first-order chi connectivity index (χ1) is 16.1. The van der Waals surface area contributed by atoms with Gasteiger partial charge in [0.2, 0.25) is 11.8 Å². The summed E-state index contributed by atoms with van der Waals surface area (Å²) in [4.78, 5) is 29.1. The molecule has 0 aromatic heterocycles. The summed E-state index contributed by atoms with van der Waals surface area (Å²) < 4.78 is 11.1. The molecule has 3 aliphatic rings. The van der Waals surface area contributed by atoms with Crippen LogP contribution in [-0.2, 0) is 22.4 Å². The van der Waals surface area contributed by atoms with Crippen molar-refractivity contribution in [2.75, 3.05) is 32.8 Å². The molecule has 0 unspecified atom stereocenters. The maximum absolute atomic E-state index is 12.8. The molecule has 3 heterocycles. The number of carbonyl (C=O) groups is 2. The predicted molar refractivity (Wildman–Crippen MR) is 127 cm³/mol. The summed E-state index contributed by atoms with van der Waals surface area (Å²) in [7, 11) is 0. The highest BCUT2D eigenvalue weighted by molar-refractivity contribution is 5.94. The Bertz CT molecular complexity index is 1140. The van der Waals surface area contributed by atoms with Gasteiger partial charge >= 0.3 is 0 Å². The standard InChI is InChI=1S/C27H28N2O4/c1-19-18-28(26(30)8-4-20-2-6-24-22(16-20)10-14-32-24)12-13-29(19)27(31)9-5-21-3-7-25-23(17-21)11-15-33-25/h2-9,16-17,19H,10-15,18H2,1H3/t19-/m0/s1. The zero-order valence-corrected chi connectivity index (χ0v) is 18.8. The van der Waals surface area contributed by atoms with Crippen LogP contribution in [0, 0.1) is 0 Å². The summed E-state index contributed by atoms with van der Waals surface area (Å²) in [5.74, 6) is 1.82. The lowest BCUT2D eigenvalue weighted by molar-refractivity contribution is -0.136. The van der Waals surface area contributed by atoms with Crippen molar-refractivity contribution in [2.45, 2.75) is 25.8 Å². The maximum Gasteiger partial charge on any atom is 0.246 e. The maximum atomic E-state index is 12.8. The average molecular weight is 445 g/mol. The number of carbonyl (C=O) groups excluding carboxylic acids is 2. The zero-order valence-electron chi connectivity index (χ0n) is 18.8. The third kappa shape index (κ3) is 4.65. The summed E-state index contributed by atoms with van der Waals surface area (Å²) in [5, 5.41) is 0. The van der Waals surface area contributed by atoms with Crippen LogP contribution in [0.15, 0.2) is 48.6 Å². The van der Waals surface area contributed by atoms with Crippen molar-refractivity contribution in [3.8, 4) is 11.5 Å². The zero-order chi connectivity index (χ0) is 22.8. The molecule has 3 aliphatic heterocycles. The molecule has 5 rings (SSSR count). The number of piperazine rings is 1. The van der Waals surface area contributed by atoms with Crippen molar-refractivity contribution in [3.63, 3.8) is 0 Å². The highest BCUT2D eigenvalue weighted by atomic mass is 16.5. The Kier molecular flexibility index (Phi) is 5.90. The highest BCUT2D eigenvalue weighted by Gasteiger charge is 2.28. The van der Waals surface area contributed by atoms with Crippen molar-refractivity contribution in [2.24, 2.45) is 0 Å². The van der Waals surface area contributed by atoms with Gasteiger partial charge in [-0.1, -0.05) is 12.1 Å². The Balaban J connectivity index is 1.16. The van der Waals surface area contributed by atoms with Crippen LogP contribution < -0.4 is 9.47 Å². The largest absolute Gasteiger partial charge is 0.493 e. The quantitative estimate of drug-likeness (QED) is 0.679. The molecule has 170 valence electrons. The third-order valence-electron chi connectivity index (χ3n) is 6.49. The molecule has 6 nitrogen and oxygen atoms in total. The number of rotatable bonds is 4. The molecule has 1 atom stereocenters. The molecule has 0 spiro atoms. The Labute approximate surface area is 194 Å². The summed E-state index contributed by atoms with van der Waals surface area (Å²) in [5.41, 5.74) is 4.37. The van der Waals surface area contributed by atoms with E-state index in [1.54, 1.807) is 12.2 Å². The van der Waals surface area contributed by atoms with E-state index in [1.165, 1.54) is 11.1 Å². The fourth-order valence-electron chi connectivity index (χ4n) is 4.64. The van der Waals surface area contributed by atoms with Crippen LogP contribution >= 0.6 is 0 Å². The van der Waals surface area contributed by atoms with Gasteiger partial charge in [0, 0.05) is 50.7 Å². The number of hydrogen-bond donors (Lipinski definition) is 0. The van der Waals surface area contributed by atoms with Gasteiger partial charge in [-0.3, -0.25) is 9.59 Å². The van der Waals surface area contributed by atoms with Gasteiger partial charge in [0.15, 0.2) is 0 Å². The molecule has 0 aliphatic carbocycles. The van der Waals surface area contributed by atoms with Crippen LogP contribution in [0.3, 0.4) is 0 Å². The second kappa shape index (κ2) is 9.14. The summed E-state index contributed by atoms with van der Waals surface area (Å²) in [6.45, 7) is 5.01. The highest BCUT2D eigenvalue weighted by Crippen LogP contribution is 2.27. The molecular formula is C27H28N2O4. The van der Waals surface area contributed by atoms with Gasteiger partial charge in [0.1, 0.15) is 11.5 Å². The fourth-order valence-corrected chi connectivity index (χ4v) is 4.64. The number of fused-ring (bicyclic) bond motifs is 2. The molecule has 2 aromatic rings. The summed E-state index contributed by atoms with van der Waals surface area (Å²) >= 11 is 0. The van der Waals surface area contributed by atoms with E-state index in [9.17, 15) is 9.59 Å². The SMILES string of the molecule is C[C@H]1CN(C(=O)C=Cc2ccc3c(c2)CCO3)CCN1C(=O)C=Cc1ccc2c(c1)CCO2. The lowest BCUT2D eigenvalue weighted by atomic mass is 10.1. The van der Waals surface area contributed by atoms with Crippen molar-refractivity contribution in [1.82, 2.24) is 9.80 Å². The van der Waals surface area contributed by atoms with E-state index >= 15 is 0 Å². The van der Waals surface area contributed by atoms with Crippen LogP contribution in [0.5, 0.6) is 11.5 Å².